The number of rotatable bonds is 5. The maximum Gasteiger partial charge on any atom is 0.315 e. The molecule has 3 rings (SSSR count). The Bertz CT molecular complexity index is 689. The van der Waals surface area contributed by atoms with Crippen molar-refractivity contribution in [3.05, 3.63) is 52.0 Å². The second-order valence-corrected chi connectivity index (χ2v) is 7.13. The van der Waals surface area contributed by atoms with Crippen LogP contribution in [0.25, 0.3) is 0 Å². The number of hydrogen-bond donors (Lipinski definition) is 3. The number of carbonyl (C=O) groups excluding carboxylic acids is 1. The molecule has 0 bridgehead atoms. The number of aliphatic hydroxyl groups is 1. The zero-order valence-electron chi connectivity index (χ0n) is 13.8. The van der Waals surface area contributed by atoms with Gasteiger partial charge in [0.15, 0.2) is 0 Å². The third kappa shape index (κ3) is 3.60. The van der Waals surface area contributed by atoms with Crippen LogP contribution in [-0.4, -0.2) is 22.7 Å². The fourth-order valence-corrected chi connectivity index (χ4v) is 4.04. The molecule has 0 saturated carbocycles. The van der Waals surface area contributed by atoms with Crippen molar-refractivity contribution in [3.8, 4) is 0 Å². The van der Waals surface area contributed by atoms with E-state index in [1.54, 1.807) is 6.20 Å². The molecule has 2 amide bonds. The summed E-state index contributed by atoms with van der Waals surface area (Å²) in [4.78, 5) is 16.5. The Labute approximate surface area is 146 Å². The first-order chi connectivity index (χ1) is 11.6. The van der Waals surface area contributed by atoms with Crippen molar-refractivity contribution in [1.82, 2.24) is 15.6 Å². The standard InChI is InChI=1S/C18H23N3O2S/c1-2-15(16-19-10-11-24-16)21-17(22)20-12-18(23)9-5-7-13-6-3-4-8-14(13)18/h3-4,6,8,10-11,15,23H,2,5,7,9,12H2,1H3,(H2,20,21,22). The minimum Gasteiger partial charge on any atom is -0.383 e. The lowest BCUT2D eigenvalue weighted by Gasteiger charge is -2.34. The van der Waals surface area contributed by atoms with Crippen LogP contribution in [0.2, 0.25) is 0 Å². The number of amides is 2. The SMILES string of the molecule is CCC(NC(=O)NCC1(O)CCCc2ccccc21)c1nccs1. The fraction of sp³-hybridized carbons (Fsp3) is 0.444. The van der Waals surface area contributed by atoms with Crippen molar-refractivity contribution < 1.29 is 9.90 Å². The maximum absolute atomic E-state index is 12.2. The summed E-state index contributed by atoms with van der Waals surface area (Å²) in [6, 6.07) is 7.56. The van der Waals surface area contributed by atoms with Gasteiger partial charge >= 0.3 is 6.03 Å². The summed E-state index contributed by atoms with van der Waals surface area (Å²) in [6.45, 7) is 2.22. The van der Waals surface area contributed by atoms with Gasteiger partial charge in [-0.05, 0) is 36.8 Å². The van der Waals surface area contributed by atoms with Gasteiger partial charge in [-0.15, -0.1) is 11.3 Å². The summed E-state index contributed by atoms with van der Waals surface area (Å²) >= 11 is 1.53. The number of nitrogens with zero attached hydrogens (tertiary/aromatic N) is 1. The highest BCUT2D eigenvalue weighted by atomic mass is 32.1. The molecule has 0 aliphatic heterocycles. The van der Waals surface area contributed by atoms with Gasteiger partial charge in [0, 0.05) is 11.6 Å². The molecule has 3 N–H and O–H groups in total. The molecule has 1 aromatic carbocycles. The van der Waals surface area contributed by atoms with Gasteiger partial charge in [-0.1, -0.05) is 31.2 Å². The molecule has 0 radical (unpaired) electrons. The molecule has 6 heteroatoms. The van der Waals surface area contributed by atoms with Gasteiger partial charge in [0.1, 0.15) is 10.6 Å². The quantitative estimate of drug-likeness (QED) is 0.779. The highest BCUT2D eigenvalue weighted by Gasteiger charge is 2.34. The highest BCUT2D eigenvalue weighted by molar-refractivity contribution is 7.09. The average Bonchev–Trinajstić information content (AvgIpc) is 3.13. The summed E-state index contributed by atoms with van der Waals surface area (Å²) in [5.74, 6) is 0. The number of urea groups is 1. The Morgan fingerprint density at radius 3 is 3.04 bits per heavy atom. The van der Waals surface area contributed by atoms with Crippen LogP contribution in [0.1, 0.15) is 48.4 Å². The summed E-state index contributed by atoms with van der Waals surface area (Å²) in [6.07, 6.45) is 5.08. The summed E-state index contributed by atoms with van der Waals surface area (Å²) < 4.78 is 0. The zero-order chi connectivity index (χ0) is 17.0. The van der Waals surface area contributed by atoms with Crippen LogP contribution in [0.15, 0.2) is 35.8 Å². The van der Waals surface area contributed by atoms with Crippen LogP contribution >= 0.6 is 11.3 Å². The van der Waals surface area contributed by atoms with Crippen molar-refractivity contribution in [3.63, 3.8) is 0 Å². The summed E-state index contributed by atoms with van der Waals surface area (Å²) in [7, 11) is 0. The predicted octanol–water partition coefficient (Wildman–Crippen LogP) is 3.12. The molecule has 24 heavy (non-hydrogen) atoms. The molecule has 0 fully saturated rings. The molecule has 2 atom stereocenters. The molecule has 2 aromatic rings. The van der Waals surface area contributed by atoms with Crippen molar-refractivity contribution in [1.29, 1.82) is 0 Å². The van der Waals surface area contributed by atoms with Crippen molar-refractivity contribution in [2.24, 2.45) is 0 Å². The number of fused-ring (bicyclic) bond motifs is 1. The number of aromatic nitrogens is 1. The van der Waals surface area contributed by atoms with Gasteiger partial charge < -0.3 is 15.7 Å². The van der Waals surface area contributed by atoms with Gasteiger partial charge in [-0.3, -0.25) is 0 Å². The van der Waals surface area contributed by atoms with E-state index in [2.05, 4.69) is 21.7 Å². The van der Waals surface area contributed by atoms with E-state index in [-0.39, 0.29) is 18.6 Å². The number of aryl methyl sites for hydroxylation is 1. The molecule has 128 valence electrons. The molecule has 1 aliphatic carbocycles. The Morgan fingerprint density at radius 1 is 1.46 bits per heavy atom. The number of thiazole rings is 1. The molecule has 0 spiro atoms. The lowest BCUT2D eigenvalue weighted by Crippen LogP contribution is -2.46. The minimum absolute atomic E-state index is 0.0988. The molecular formula is C18H23N3O2S. The van der Waals surface area contributed by atoms with Gasteiger partial charge in [0.2, 0.25) is 0 Å². The first-order valence-electron chi connectivity index (χ1n) is 8.37. The molecule has 2 unspecified atom stereocenters. The molecule has 0 saturated heterocycles. The number of nitrogens with one attached hydrogen (secondary N) is 2. The Morgan fingerprint density at radius 2 is 2.29 bits per heavy atom. The zero-order valence-corrected chi connectivity index (χ0v) is 14.6. The van der Waals surface area contributed by atoms with Crippen LogP contribution < -0.4 is 10.6 Å². The van der Waals surface area contributed by atoms with Crippen LogP contribution in [0.4, 0.5) is 4.79 Å². The monoisotopic (exact) mass is 345 g/mol. The molecular weight excluding hydrogens is 322 g/mol. The van der Waals surface area contributed by atoms with Crippen molar-refractivity contribution in [2.45, 2.75) is 44.2 Å². The molecule has 5 nitrogen and oxygen atoms in total. The van der Waals surface area contributed by atoms with Gasteiger partial charge in [-0.2, -0.15) is 0 Å². The second-order valence-electron chi connectivity index (χ2n) is 6.20. The topological polar surface area (TPSA) is 74.2 Å². The van der Waals surface area contributed by atoms with Gasteiger partial charge in [0.05, 0.1) is 12.6 Å². The van der Waals surface area contributed by atoms with Crippen molar-refractivity contribution in [2.75, 3.05) is 6.54 Å². The van der Waals surface area contributed by atoms with E-state index in [4.69, 9.17) is 0 Å². The number of hydrogen-bond acceptors (Lipinski definition) is 4. The van der Waals surface area contributed by atoms with E-state index < -0.39 is 5.60 Å². The Hall–Kier alpha value is -1.92. The van der Waals surface area contributed by atoms with Gasteiger partial charge in [0.25, 0.3) is 0 Å². The summed E-state index contributed by atoms with van der Waals surface area (Å²) in [5, 5.41) is 19.6. The third-order valence-electron chi connectivity index (χ3n) is 4.56. The first-order valence-corrected chi connectivity index (χ1v) is 9.25. The third-order valence-corrected chi connectivity index (χ3v) is 5.45. The molecule has 1 heterocycles. The van der Waals surface area contributed by atoms with E-state index in [0.29, 0.717) is 6.42 Å². The van der Waals surface area contributed by atoms with E-state index in [1.807, 2.05) is 30.5 Å². The normalized spacial score (nSPS) is 20.9. The van der Waals surface area contributed by atoms with Gasteiger partial charge in [-0.25, -0.2) is 9.78 Å². The lowest BCUT2D eigenvalue weighted by atomic mass is 9.79. The first kappa shape index (κ1) is 16.9. The highest BCUT2D eigenvalue weighted by Crippen LogP contribution is 2.34. The molecule has 1 aliphatic rings. The smallest absolute Gasteiger partial charge is 0.315 e. The van der Waals surface area contributed by atoms with Crippen LogP contribution in [0.5, 0.6) is 0 Å². The van der Waals surface area contributed by atoms with Crippen LogP contribution in [0.3, 0.4) is 0 Å². The Kier molecular flexibility index (Phi) is 5.16. The number of carbonyl (C=O) groups is 1. The number of benzene rings is 1. The lowest BCUT2D eigenvalue weighted by molar-refractivity contribution is 0.0216. The summed E-state index contributed by atoms with van der Waals surface area (Å²) in [5.41, 5.74) is 1.11. The second kappa shape index (κ2) is 7.32. The predicted molar refractivity (Wildman–Crippen MR) is 95.0 cm³/mol. The van der Waals surface area contributed by atoms with E-state index >= 15 is 0 Å². The Balaban J connectivity index is 1.62. The van der Waals surface area contributed by atoms with Crippen molar-refractivity contribution >= 4 is 17.4 Å². The van der Waals surface area contributed by atoms with Crippen LogP contribution in [-0.2, 0) is 12.0 Å². The maximum atomic E-state index is 12.2. The fourth-order valence-electron chi connectivity index (χ4n) is 3.26. The largest absolute Gasteiger partial charge is 0.383 e. The van der Waals surface area contributed by atoms with E-state index in [0.717, 1.165) is 29.8 Å². The van der Waals surface area contributed by atoms with E-state index in [9.17, 15) is 9.90 Å². The average molecular weight is 345 g/mol. The van der Waals surface area contributed by atoms with E-state index in [1.165, 1.54) is 16.9 Å². The molecule has 1 aromatic heterocycles. The van der Waals surface area contributed by atoms with Crippen LogP contribution in [0, 0.1) is 0 Å². The minimum atomic E-state index is -0.991.